The first-order valence-electron chi connectivity index (χ1n) is 5.32. The van der Waals surface area contributed by atoms with Crippen molar-refractivity contribution in [2.45, 2.75) is 13.0 Å². The van der Waals surface area contributed by atoms with Crippen LogP contribution in [0.2, 0.25) is 0 Å². The summed E-state index contributed by atoms with van der Waals surface area (Å²) < 4.78 is 2.10. The molecule has 16 heavy (non-hydrogen) atoms. The van der Waals surface area contributed by atoms with Gasteiger partial charge in [-0.3, -0.25) is 5.32 Å². The van der Waals surface area contributed by atoms with Crippen LogP contribution in [-0.2, 0) is 7.05 Å². The monoisotopic (exact) mass is 213 g/mol. The Morgan fingerprint density at radius 3 is 2.94 bits per heavy atom. The summed E-state index contributed by atoms with van der Waals surface area (Å²) >= 11 is 0. The van der Waals surface area contributed by atoms with Crippen molar-refractivity contribution in [1.82, 2.24) is 14.9 Å². The van der Waals surface area contributed by atoms with Crippen molar-refractivity contribution in [3.63, 3.8) is 0 Å². The number of hydrogen-bond acceptors (Lipinski definition) is 2. The van der Waals surface area contributed by atoms with E-state index < -0.39 is 0 Å². The first-order chi connectivity index (χ1) is 7.74. The van der Waals surface area contributed by atoms with Crippen LogP contribution in [0.1, 0.15) is 18.8 Å². The van der Waals surface area contributed by atoms with Gasteiger partial charge in [0.1, 0.15) is 5.82 Å². The summed E-state index contributed by atoms with van der Waals surface area (Å²) in [5, 5.41) is 3.23. The van der Waals surface area contributed by atoms with Crippen molar-refractivity contribution in [2.24, 2.45) is 7.05 Å². The second-order valence-electron chi connectivity index (χ2n) is 3.82. The van der Waals surface area contributed by atoms with Crippen LogP contribution < -0.4 is 5.32 Å². The van der Waals surface area contributed by atoms with Crippen LogP contribution >= 0.6 is 0 Å². The first kappa shape index (κ1) is 10.7. The van der Waals surface area contributed by atoms with E-state index in [-0.39, 0.29) is 6.04 Å². The summed E-state index contributed by atoms with van der Waals surface area (Å²) in [5.74, 6) is 3.58. The molecular formula is C13H15N3. The van der Waals surface area contributed by atoms with Gasteiger partial charge in [0, 0.05) is 7.05 Å². The zero-order chi connectivity index (χ0) is 11.5. The van der Waals surface area contributed by atoms with Crippen molar-refractivity contribution in [2.75, 3.05) is 6.54 Å². The van der Waals surface area contributed by atoms with Crippen molar-refractivity contribution < 1.29 is 0 Å². The maximum Gasteiger partial charge on any atom is 0.126 e. The van der Waals surface area contributed by atoms with E-state index in [4.69, 9.17) is 6.42 Å². The molecule has 3 nitrogen and oxygen atoms in total. The number of terminal acetylenes is 1. The number of hydrogen-bond donors (Lipinski definition) is 1. The van der Waals surface area contributed by atoms with E-state index in [0.29, 0.717) is 6.54 Å². The van der Waals surface area contributed by atoms with E-state index >= 15 is 0 Å². The van der Waals surface area contributed by atoms with Gasteiger partial charge >= 0.3 is 0 Å². The van der Waals surface area contributed by atoms with Gasteiger partial charge in [-0.15, -0.1) is 6.42 Å². The van der Waals surface area contributed by atoms with E-state index in [1.165, 1.54) is 0 Å². The Kier molecular flexibility index (Phi) is 2.93. The van der Waals surface area contributed by atoms with Gasteiger partial charge < -0.3 is 4.57 Å². The number of nitrogens with one attached hydrogen (secondary N) is 1. The molecule has 2 aromatic rings. The first-order valence-corrected chi connectivity index (χ1v) is 5.32. The molecule has 1 N–H and O–H groups in total. The summed E-state index contributed by atoms with van der Waals surface area (Å²) in [7, 11) is 2.03. The zero-order valence-electron chi connectivity index (χ0n) is 9.57. The minimum atomic E-state index is 0.161. The lowest BCUT2D eigenvalue weighted by atomic mass is 10.3. The predicted octanol–water partition coefficient (Wildman–Crippen LogP) is 1.86. The molecule has 0 aliphatic rings. The Balaban J connectivity index is 2.38. The fourth-order valence-electron chi connectivity index (χ4n) is 1.85. The standard InChI is InChI=1S/C13H15N3/c1-4-9-14-10(2)13-15-11-7-5-6-8-12(11)16(13)3/h1,5-8,10,14H,9H2,2-3H3. The Hall–Kier alpha value is -1.79. The fourth-order valence-corrected chi connectivity index (χ4v) is 1.85. The number of para-hydroxylation sites is 2. The molecule has 1 aromatic carbocycles. The summed E-state index contributed by atoms with van der Waals surface area (Å²) in [6.07, 6.45) is 5.23. The van der Waals surface area contributed by atoms with Gasteiger partial charge in [-0.25, -0.2) is 4.98 Å². The molecule has 0 aliphatic heterocycles. The zero-order valence-corrected chi connectivity index (χ0v) is 9.57. The van der Waals surface area contributed by atoms with Gasteiger partial charge in [0.2, 0.25) is 0 Å². The largest absolute Gasteiger partial charge is 0.330 e. The molecule has 0 saturated heterocycles. The number of rotatable bonds is 3. The van der Waals surface area contributed by atoms with Gasteiger partial charge in [0.15, 0.2) is 0 Å². The van der Waals surface area contributed by atoms with E-state index in [2.05, 4.69) is 33.8 Å². The van der Waals surface area contributed by atoms with Gasteiger partial charge in [-0.05, 0) is 19.1 Å². The molecule has 1 unspecified atom stereocenters. The third-order valence-electron chi connectivity index (χ3n) is 2.72. The molecule has 2 rings (SSSR count). The Morgan fingerprint density at radius 1 is 1.50 bits per heavy atom. The van der Waals surface area contributed by atoms with E-state index in [1.807, 2.05) is 25.2 Å². The Labute approximate surface area is 95.5 Å². The molecule has 0 amide bonds. The van der Waals surface area contributed by atoms with Crippen LogP contribution in [0.15, 0.2) is 24.3 Å². The smallest absolute Gasteiger partial charge is 0.126 e. The molecule has 0 saturated carbocycles. The molecule has 0 fully saturated rings. The summed E-state index contributed by atoms with van der Waals surface area (Å²) in [6, 6.07) is 8.27. The maximum atomic E-state index is 5.23. The predicted molar refractivity (Wildman–Crippen MR) is 66.0 cm³/mol. The fraction of sp³-hybridized carbons (Fsp3) is 0.308. The highest BCUT2D eigenvalue weighted by Gasteiger charge is 2.12. The SMILES string of the molecule is C#CCNC(C)c1nc2ccccc2n1C. The average Bonchev–Trinajstić information content (AvgIpc) is 2.64. The second-order valence-corrected chi connectivity index (χ2v) is 3.82. The minimum Gasteiger partial charge on any atom is -0.330 e. The minimum absolute atomic E-state index is 0.161. The molecule has 82 valence electrons. The molecule has 0 spiro atoms. The topological polar surface area (TPSA) is 29.9 Å². The highest BCUT2D eigenvalue weighted by atomic mass is 15.1. The summed E-state index contributed by atoms with van der Waals surface area (Å²) in [4.78, 5) is 4.60. The van der Waals surface area contributed by atoms with E-state index in [1.54, 1.807) is 0 Å². The molecule has 1 atom stereocenters. The van der Waals surface area contributed by atoms with Gasteiger partial charge in [0.25, 0.3) is 0 Å². The van der Waals surface area contributed by atoms with Gasteiger partial charge in [0.05, 0.1) is 23.6 Å². The number of aromatic nitrogens is 2. The molecule has 1 aromatic heterocycles. The molecular weight excluding hydrogens is 198 g/mol. The number of fused-ring (bicyclic) bond motifs is 1. The van der Waals surface area contributed by atoms with Crippen molar-refractivity contribution in [3.05, 3.63) is 30.1 Å². The summed E-state index contributed by atoms with van der Waals surface area (Å²) in [5.41, 5.74) is 2.17. The number of imidazole rings is 1. The van der Waals surface area contributed by atoms with Crippen LogP contribution in [0.4, 0.5) is 0 Å². The third-order valence-corrected chi connectivity index (χ3v) is 2.72. The lowest BCUT2D eigenvalue weighted by molar-refractivity contribution is 0.569. The molecule has 1 heterocycles. The van der Waals surface area contributed by atoms with Gasteiger partial charge in [-0.2, -0.15) is 0 Å². The van der Waals surface area contributed by atoms with E-state index in [0.717, 1.165) is 16.9 Å². The van der Waals surface area contributed by atoms with Crippen LogP contribution in [0.5, 0.6) is 0 Å². The summed E-state index contributed by atoms with van der Waals surface area (Å²) in [6.45, 7) is 2.63. The van der Waals surface area contributed by atoms with Gasteiger partial charge in [-0.1, -0.05) is 18.1 Å². The lowest BCUT2D eigenvalue weighted by Crippen LogP contribution is -2.21. The third kappa shape index (κ3) is 1.80. The van der Waals surface area contributed by atoms with Crippen LogP contribution in [0.3, 0.4) is 0 Å². The van der Waals surface area contributed by atoms with Crippen LogP contribution in [-0.4, -0.2) is 16.1 Å². The second kappa shape index (κ2) is 4.38. The van der Waals surface area contributed by atoms with E-state index in [9.17, 15) is 0 Å². The average molecular weight is 213 g/mol. The number of benzene rings is 1. The van der Waals surface area contributed by atoms with Crippen molar-refractivity contribution >= 4 is 11.0 Å². The highest BCUT2D eigenvalue weighted by molar-refractivity contribution is 5.75. The Morgan fingerprint density at radius 2 is 2.25 bits per heavy atom. The lowest BCUT2D eigenvalue weighted by Gasteiger charge is -2.11. The normalized spacial score (nSPS) is 12.6. The molecule has 3 heteroatoms. The quantitative estimate of drug-likeness (QED) is 0.789. The Bertz CT molecular complexity index is 534. The molecule has 0 radical (unpaired) electrons. The highest BCUT2D eigenvalue weighted by Crippen LogP contribution is 2.18. The molecule has 0 bridgehead atoms. The van der Waals surface area contributed by atoms with Crippen molar-refractivity contribution in [3.8, 4) is 12.3 Å². The molecule has 0 aliphatic carbocycles. The van der Waals surface area contributed by atoms with Crippen molar-refractivity contribution in [1.29, 1.82) is 0 Å². The van der Waals surface area contributed by atoms with Crippen LogP contribution in [0.25, 0.3) is 11.0 Å². The maximum absolute atomic E-state index is 5.23. The number of nitrogens with zero attached hydrogens (tertiary/aromatic N) is 2. The number of aryl methyl sites for hydroxylation is 1. The van der Waals surface area contributed by atoms with Crippen LogP contribution in [0, 0.1) is 12.3 Å².